The second-order valence-corrected chi connectivity index (χ2v) is 7.64. The van der Waals surface area contributed by atoms with Gasteiger partial charge in [0.1, 0.15) is 0 Å². The van der Waals surface area contributed by atoms with Gasteiger partial charge in [-0.25, -0.2) is 8.42 Å². The molecule has 0 aliphatic carbocycles. The van der Waals surface area contributed by atoms with Crippen LogP contribution >= 0.6 is 0 Å². The van der Waals surface area contributed by atoms with E-state index in [2.05, 4.69) is 44.3 Å². The Hall–Kier alpha value is -0.870. The maximum atomic E-state index is 11.4. The summed E-state index contributed by atoms with van der Waals surface area (Å²) in [4.78, 5) is 0. The van der Waals surface area contributed by atoms with Crippen molar-refractivity contribution in [2.24, 2.45) is 0 Å². The van der Waals surface area contributed by atoms with Gasteiger partial charge in [-0.05, 0) is 32.8 Å². The molecular formula is C14H21NO2S. The molecule has 1 aromatic carbocycles. The third kappa shape index (κ3) is 3.33. The van der Waals surface area contributed by atoms with Crippen molar-refractivity contribution in [2.45, 2.75) is 39.3 Å². The van der Waals surface area contributed by atoms with Gasteiger partial charge < -0.3 is 5.32 Å². The first-order chi connectivity index (χ1) is 8.35. The smallest absolute Gasteiger partial charge is 0.151 e. The molecule has 1 aliphatic rings. The zero-order chi connectivity index (χ0) is 13.3. The van der Waals surface area contributed by atoms with Gasteiger partial charge in [0.05, 0.1) is 11.5 Å². The van der Waals surface area contributed by atoms with E-state index in [1.807, 2.05) is 0 Å². The standard InChI is InChI=1S/C14H21NO2S/c1-10-6-11(2)8-13(7-10)12(3)15-14-4-5-18(16,17)9-14/h6-8,12,14-15H,4-5,9H2,1-3H3. The minimum absolute atomic E-state index is 0.103. The molecule has 0 aromatic heterocycles. The topological polar surface area (TPSA) is 46.2 Å². The Bertz CT molecular complexity index is 516. The maximum absolute atomic E-state index is 11.4. The molecule has 18 heavy (non-hydrogen) atoms. The van der Waals surface area contributed by atoms with Crippen molar-refractivity contribution in [1.29, 1.82) is 0 Å². The summed E-state index contributed by atoms with van der Waals surface area (Å²) in [7, 11) is -2.80. The highest BCUT2D eigenvalue weighted by molar-refractivity contribution is 7.91. The Morgan fingerprint density at radius 2 is 1.83 bits per heavy atom. The first kappa shape index (κ1) is 13.6. The number of nitrogens with one attached hydrogen (secondary N) is 1. The molecule has 2 unspecified atom stereocenters. The van der Waals surface area contributed by atoms with Crippen LogP contribution in [0.4, 0.5) is 0 Å². The van der Waals surface area contributed by atoms with Crippen LogP contribution in [0.5, 0.6) is 0 Å². The Labute approximate surface area is 110 Å². The van der Waals surface area contributed by atoms with Crippen LogP contribution in [-0.4, -0.2) is 26.0 Å². The van der Waals surface area contributed by atoms with Crippen molar-refractivity contribution in [3.63, 3.8) is 0 Å². The van der Waals surface area contributed by atoms with Crippen molar-refractivity contribution >= 4 is 9.84 Å². The van der Waals surface area contributed by atoms with E-state index in [0.29, 0.717) is 5.75 Å². The summed E-state index contributed by atoms with van der Waals surface area (Å²) < 4.78 is 22.9. The molecular weight excluding hydrogens is 246 g/mol. The summed E-state index contributed by atoms with van der Waals surface area (Å²) in [6.45, 7) is 6.27. The molecule has 100 valence electrons. The maximum Gasteiger partial charge on any atom is 0.151 e. The van der Waals surface area contributed by atoms with E-state index >= 15 is 0 Å². The zero-order valence-electron chi connectivity index (χ0n) is 11.2. The monoisotopic (exact) mass is 267 g/mol. The van der Waals surface area contributed by atoms with Crippen LogP contribution in [-0.2, 0) is 9.84 Å². The number of hydrogen-bond acceptors (Lipinski definition) is 3. The first-order valence-electron chi connectivity index (χ1n) is 6.40. The van der Waals surface area contributed by atoms with Gasteiger partial charge in [-0.3, -0.25) is 0 Å². The van der Waals surface area contributed by atoms with E-state index in [9.17, 15) is 8.42 Å². The van der Waals surface area contributed by atoms with E-state index in [0.717, 1.165) is 6.42 Å². The minimum atomic E-state index is -2.80. The summed E-state index contributed by atoms with van der Waals surface area (Å²) >= 11 is 0. The average molecular weight is 267 g/mol. The lowest BCUT2D eigenvalue weighted by Gasteiger charge is -2.19. The van der Waals surface area contributed by atoms with E-state index in [1.165, 1.54) is 16.7 Å². The van der Waals surface area contributed by atoms with Gasteiger partial charge >= 0.3 is 0 Å². The fourth-order valence-corrected chi connectivity index (χ4v) is 4.32. The molecule has 1 aliphatic heterocycles. The van der Waals surface area contributed by atoms with E-state index in [4.69, 9.17) is 0 Å². The lowest BCUT2D eigenvalue weighted by molar-refractivity contribution is 0.484. The van der Waals surface area contributed by atoms with Crippen LogP contribution < -0.4 is 5.32 Å². The number of aryl methyl sites for hydroxylation is 2. The largest absolute Gasteiger partial charge is 0.306 e. The summed E-state index contributed by atoms with van der Waals surface area (Å²) in [5.74, 6) is 0.604. The Kier molecular flexibility index (Phi) is 3.78. The number of sulfone groups is 1. The van der Waals surface area contributed by atoms with Gasteiger partial charge in [0, 0.05) is 12.1 Å². The predicted octanol–water partition coefficient (Wildman–Crippen LogP) is 2.14. The minimum Gasteiger partial charge on any atom is -0.306 e. The van der Waals surface area contributed by atoms with Gasteiger partial charge in [0.25, 0.3) is 0 Å². The quantitative estimate of drug-likeness (QED) is 0.912. The molecule has 0 radical (unpaired) electrons. The van der Waals surface area contributed by atoms with E-state index in [-0.39, 0.29) is 17.8 Å². The molecule has 0 bridgehead atoms. The third-order valence-electron chi connectivity index (χ3n) is 3.46. The highest BCUT2D eigenvalue weighted by atomic mass is 32.2. The SMILES string of the molecule is Cc1cc(C)cc(C(C)NC2CCS(=O)(=O)C2)c1. The van der Waals surface area contributed by atoms with Crippen LogP contribution in [0.25, 0.3) is 0 Å². The predicted molar refractivity (Wildman–Crippen MR) is 74.5 cm³/mol. The lowest BCUT2D eigenvalue weighted by Crippen LogP contribution is -2.32. The highest BCUT2D eigenvalue weighted by Gasteiger charge is 2.28. The molecule has 0 saturated carbocycles. The number of rotatable bonds is 3. The third-order valence-corrected chi connectivity index (χ3v) is 5.23. The molecule has 2 atom stereocenters. The van der Waals surface area contributed by atoms with E-state index in [1.54, 1.807) is 0 Å². The molecule has 1 saturated heterocycles. The molecule has 1 aromatic rings. The van der Waals surface area contributed by atoms with Crippen LogP contribution in [0.2, 0.25) is 0 Å². The van der Waals surface area contributed by atoms with Crippen molar-refractivity contribution < 1.29 is 8.42 Å². The molecule has 1 heterocycles. The summed E-state index contributed by atoms with van der Waals surface area (Å²) in [6.07, 6.45) is 0.734. The summed E-state index contributed by atoms with van der Waals surface area (Å²) in [5, 5.41) is 3.43. The van der Waals surface area contributed by atoms with Gasteiger partial charge in [-0.2, -0.15) is 0 Å². The second kappa shape index (κ2) is 5.02. The Morgan fingerprint density at radius 1 is 1.22 bits per heavy atom. The fraction of sp³-hybridized carbons (Fsp3) is 0.571. The zero-order valence-corrected chi connectivity index (χ0v) is 12.0. The highest BCUT2D eigenvalue weighted by Crippen LogP contribution is 2.20. The van der Waals surface area contributed by atoms with Gasteiger partial charge in [0.15, 0.2) is 9.84 Å². The fourth-order valence-electron chi connectivity index (χ4n) is 2.64. The molecule has 2 rings (SSSR count). The van der Waals surface area contributed by atoms with Crippen molar-refractivity contribution in [3.05, 3.63) is 34.9 Å². The molecule has 1 N–H and O–H groups in total. The van der Waals surface area contributed by atoms with Crippen LogP contribution in [0.15, 0.2) is 18.2 Å². The van der Waals surface area contributed by atoms with Gasteiger partial charge in [-0.1, -0.05) is 29.3 Å². The van der Waals surface area contributed by atoms with Crippen LogP contribution in [0, 0.1) is 13.8 Å². The second-order valence-electron chi connectivity index (χ2n) is 5.41. The van der Waals surface area contributed by atoms with Crippen molar-refractivity contribution in [2.75, 3.05) is 11.5 Å². The Balaban J connectivity index is 2.06. The first-order valence-corrected chi connectivity index (χ1v) is 8.22. The summed E-state index contributed by atoms with van der Waals surface area (Å²) in [5.41, 5.74) is 3.73. The molecule has 0 amide bonds. The normalized spacial score (nSPS) is 24.1. The van der Waals surface area contributed by atoms with E-state index < -0.39 is 9.84 Å². The molecule has 0 spiro atoms. The van der Waals surface area contributed by atoms with Crippen LogP contribution in [0.1, 0.15) is 36.1 Å². The Morgan fingerprint density at radius 3 is 2.33 bits per heavy atom. The van der Waals surface area contributed by atoms with Crippen molar-refractivity contribution in [3.8, 4) is 0 Å². The van der Waals surface area contributed by atoms with Gasteiger partial charge in [-0.15, -0.1) is 0 Å². The lowest BCUT2D eigenvalue weighted by atomic mass is 10.0. The van der Waals surface area contributed by atoms with Crippen LogP contribution in [0.3, 0.4) is 0 Å². The average Bonchev–Trinajstić information content (AvgIpc) is 2.56. The number of benzene rings is 1. The molecule has 3 nitrogen and oxygen atoms in total. The van der Waals surface area contributed by atoms with Crippen molar-refractivity contribution in [1.82, 2.24) is 5.32 Å². The summed E-state index contributed by atoms with van der Waals surface area (Å²) in [6, 6.07) is 6.77. The molecule has 1 fully saturated rings. The van der Waals surface area contributed by atoms with Gasteiger partial charge in [0.2, 0.25) is 0 Å². The molecule has 4 heteroatoms. The number of hydrogen-bond donors (Lipinski definition) is 1.